The third-order valence-corrected chi connectivity index (χ3v) is 5.57. The average molecular weight is 417 g/mol. The van der Waals surface area contributed by atoms with Crippen LogP contribution in [0, 0.1) is 0 Å². The second-order valence-electron chi connectivity index (χ2n) is 7.54. The fourth-order valence-corrected chi connectivity index (χ4v) is 4.06. The largest absolute Gasteiger partial charge is 0.361 e. The van der Waals surface area contributed by atoms with E-state index in [0.29, 0.717) is 17.8 Å². The number of anilines is 2. The number of hydrogen-bond donors (Lipinski definition) is 3. The van der Waals surface area contributed by atoms with Crippen molar-refractivity contribution in [3.8, 4) is 0 Å². The molecule has 31 heavy (non-hydrogen) atoms. The number of hydrogen-bond acceptors (Lipinski definition) is 4. The molecule has 5 rings (SSSR count). The van der Waals surface area contributed by atoms with E-state index in [9.17, 15) is 19.2 Å². The normalized spacial score (nSPS) is 18.2. The molecule has 0 spiro atoms. The van der Waals surface area contributed by atoms with Crippen molar-refractivity contribution in [1.29, 1.82) is 0 Å². The van der Waals surface area contributed by atoms with Crippen LogP contribution in [0.1, 0.15) is 5.56 Å². The summed E-state index contributed by atoms with van der Waals surface area (Å²) in [5.41, 5.74) is 2.91. The molecule has 2 aliphatic rings. The van der Waals surface area contributed by atoms with Crippen LogP contribution in [0.5, 0.6) is 0 Å². The molecule has 1 fully saturated rings. The van der Waals surface area contributed by atoms with Gasteiger partial charge in [0.25, 0.3) is 5.91 Å². The van der Waals surface area contributed by atoms with Crippen molar-refractivity contribution in [2.45, 2.75) is 12.5 Å². The van der Waals surface area contributed by atoms with E-state index in [2.05, 4.69) is 15.6 Å². The highest BCUT2D eigenvalue weighted by Crippen LogP contribution is 2.29. The predicted molar refractivity (Wildman–Crippen MR) is 113 cm³/mol. The number of imide groups is 1. The highest BCUT2D eigenvalue weighted by molar-refractivity contribution is 6.13. The lowest BCUT2D eigenvalue weighted by atomic mass is 10.1. The fourth-order valence-electron chi connectivity index (χ4n) is 4.06. The van der Waals surface area contributed by atoms with Crippen molar-refractivity contribution in [1.82, 2.24) is 15.2 Å². The van der Waals surface area contributed by atoms with Gasteiger partial charge in [-0.3, -0.25) is 24.2 Å². The molecule has 1 aromatic heterocycles. The van der Waals surface area contributed by atoms with Gasteiger partial charge in [0.15, 0.2) is 0 Å². The molecule has 9 heteroatoms. The van der Waals surface area contributed by atoms with E-state index >= 15 is 0 Å². The van der Waals surface area contributed by atoms with Crippen molar-refractivity contribution in [3.63, 3.8) is 0 Å². The van der Waals surface area contributed by atoms with Crippen molar-refractivity contribution < 1.29 is 19.2 Å². The molecule has 0 bridgehead atoms. The molecule has 0 saturated carbocycles. The molecule has 0 radical (unpaired) electrons. The lowest BCUT2D eigenvalue weighted by molar-refractivity contribution is -0.131. The molecular formula is C22H19N5O4. The van der Waals surface area contributed by atoms with Gasteiger partial charge < -0.3 is 15.6 Å². The monoisotopic (exact) mass is 417 g/mol. The molecule has 3 heterocycles. The Morgan fingerprint density at radius 2 is 1.81 bits per heavy atom. The first-order valence-electron chi connectivity index (χ1n) is 9.87. The Balaban J connectivity index is 1.32. The number of fused-ring (bicyclic) bond motifs is 2. The number of aromatic amines is 1. The Hall–Kier alpha value is -4.14. The van der Waals surface area contributed by atoms with Gasteiger partial charge in [-0.25, -0.2) is 4.79 Å². The van der Waals surface area contributed by atoms with E-state index in [1.165, 1.54) is 4.90 Å². The Bertz CT molecular complexity index is 1230. The molecule has 2 aliphatic heterocycles. The maximum atomic E-state index is 12.9. The van der Waals surface area contributed by atoms with Crippen LogP contribution >= 0.6 is 0 Å². The zero-order valence-electron chi connectivity index (χ0n) is 16.4. The van der Waals surface area contributed by atoms with Gasteiger partial charge in [-0.1, -0.05) is 30.3 Å². The first-order chi connectivity index (χ1) is 15.0. The highest BCUT2D eigenvalue weighted by atomic mass is 16.2. The number of nitrogens with one attached hydrogen (secondary N) is 3. The van der Waals surface area contributed by atoms with Gasteiger partial charge in [-0.2, -0.15) is 0 Å². The summed E-state index contributed by atoms with van der Waals surface area (Å²) in [5.74, 6) is -1.29. The maximum absolute atomic E-state index is 12.9. The van der Waals surface area contributed by atoms with Crippen LogP contribution in [-0.4, -0.2) is 52.8 Å². The van der Waals surface area contributed by atoms with Gasteiger partial charge >= 0.3 is 6.03 Å². The second-order valence-corrected chi connectivity index (χ2v) is 7.54. The van der Waals surface area contributed by atoms with E-state index in [4.69, 9.17) is 0 Å². The van der Waals surface area contributed by atoms with Gasteiger partial charge in [-0.15, -0.1) is 0 Å². The minimum atomic E-state index is -0.753. The summed E-state index contributed by atoms with van der Waals surface area (Å²) in [4.78, 5) is 55.6. The Morgan fingerprint density at radius 3 is 2.68 bits per heavy atom. The molecule has 5 amide bonds. The predicted octanol–water partition coefficient (Wildman–Crippen LogP) is 1.62. The van der Waals surface area contributed by atoms with Gasteiger partial charge in [0, 0.05) is 23.5 Å². The number of urea groups is 1. The topological polar surface area (TPSA) is 115 Å². The van der Waals surface area contributed by atoms with Crippen LogP contribution in [0.2, 0.25) is 0 Å². The first-order valence-corrected chi connectivity index (χ1v) is 9.87. The molecule has 0 aliphatic carbocycles. The molecule has 0 unspecified atom stereocenters. The minimum Gasteiger partial charge on any atom is -0.361 e. The van der Waals surface area contributed by atoms with Crippen LogP contribution in [-0.2, 0) is 20.8 Å². The standard InChI is InChI=1S/C22H19N5O4/c28-19-11-26(18-8-4-3-7-16(18)24-19)20(29)12-27-21(30)17(25-22(27)31)9-13-10-23-15-6-2-1-5-14(13)15/h1-8,10,17,23H,9,11-12H2,(H,24,28)(H,25,31)/t17-/m1/s1. The SMILES string of the molecule is O=C1CN(C(=O)CN2C(=O)N[C@H](Cc3c[nH]c4ccccc34)C2=O)c2ccccc2N1. The number of H-pyrrole nitrogens is 1. The number of amides is 5. The van der Waals surface area contributed by atoms with E-state index in [-0.39, 0.29) is 12.5 Å². The van der Waals surface area contributed by atoms with Crippen LogP contribution in [0.15, 0.2) is 54.7 Å². The van der Waals surface area contributed by atoms with Gasteiger partial charge in [-0.05, 0) is 23.8 Å². The summed E-state index contributed by atoms with van der Waals surface area (Å²) in [5, 5.41) is 6.35. The second kappa shape index (κ2) is 7.28. The lowest BCUT2D eigenvalue weighted by Crippen LogP contribution is -2.48. The molecule has 2 aromatic carbocycles. The summed E-state index contributed by atoms with van der Waals surface area (Å²) in [6, 6.07) is 13.2. The van der Waals surface area contributed by atoms with Crippen LogP contribution in [0.3, 0.4) is 0 Å². The summed E-state index contributed by atoms with van der Waals surface area (Å²) >= 11 is 0. The average Bonchev–Trinajstić information content (AvgIpc) is 3.29. The van der Waals surface area contributed by atoms with Crippen LogP contribution in [0.4, 0.5) is 16.2 Å². The van der Waals surface area contributed by atoms with Gasteiger partial charge in [0.05, 0.1) is 11.4 Å². The number of rotatable bonds is 4. The first kappa shape index (κ1) is 18.9. The number of benzene rings is 2. The quantitative estimate of drug-likeness (QED) is 0.560. The number of aromatic nitrogens is 1. The van der Waals surface area contributed by atoms with Gasteiger partial charge in [0.2, 0.25) is 11.8 Å². The third-order valence-electron chi connectivity index (χ3n) is 5.57. The Kier molecular flexibility index (Phi) is 4.43. The van der Waals surface area contributed by atoms with Gasteiger partial charge in [0.1, 0.15) is 19.1 Å². The Labute approximate surface area is 177 Å². The smallest absolute Gasteiger partial charge is 0.325 e. The van der Waals surface area contributed by atoms with Crippen LogP contribution < -0.4 is 15.5 Å². The van der Waals surface area contributed by atoms with Crippen molar-refractivity contribution in [2.24, 2.45) is 0 Å². The van der Waals surface area contributed by atoms with E-state index < -0.39 is 30.4 Å². The van der Waals surface area contributed by atoms with E-state index in [1.807, 2.05) is 30.5 Å². The minimum absolute atomic E-state index is 0.168. The summed E-state index contributed by atoms with van der Waals surface area (Å²) in [7, 11) is 0. The van der Waals surface area contributed by atoms with E-state index in [1.54, 1.807) is 24.3 Å². The number of carbonyl (C=O) groups is 4. The number of nitrogens with zero attached hydrogens (tertiary/aromatic N) is 2. The highest BCUT2D eigenvalue weighted by Gasteiger charge is 2.40. The zero-order valence-corrected chi connectivity index (χ0v) is 16.4. The molecule has 1 atom stereocenters. The molecule has 156 valence electrons. The van der Waals surface area contributed by atoms with E-state index in [0.717, 1.165) is 21.4 Å². The Morgan fingerprint density at radius 1 is 1.03 bits per heavy atom. The maximum Gasteiger partial charge on any atom is 0.325 e. The summed E-state index contributed by atoms with van der Waals surface area (Å²) in [6.07, 6.45) is 2.13. The van der Waals surface area contributed by atoms with Crippen molar-refractivity contribution in [2.75, 3.05) is 23.3 Å². The van der Waals surface area contributed by atoms with Crippen molar-refractivity contribution >= 4 is 46.0 Å². The molecule has 3 N–H and O–H groups in total. The fraction of sp³-hybridized carbons (Fsp3) is 0.182. The lowest BCUT2D eigenvalue weighted by Gasteiger charge is -2.30. The molecule has 1 saturated heterocycles. The zero-order chi connectivity index (χ0) is 21.5. The third kappa shape index (κ3) is 3.29. The molecule has 9 nitrogen and oxygen atoms in total. The number of para-hydroxylation sites is 3. The van der Waals surface area contributed by atoms with Crippen molar-refractivity contribution in [3.05, 3.63) is 60.3 Å². The summed E-state index contributed by atoms with van der Waals surface area (Å²) in [6.45, 7) is -0.602. The molecular weight excluding hydrogens is 398 g/mol. The number of carbonyl (C=O) groups excluding carboxylic acids is 4. The molecule has 3 aromatic rings. The van der Waals surface area contributed by atoms with Crippen LogP contribution in [0.25, 0.3) is 10.9 Å². The summed E-state index contributed by atoms with van der Waals surface area (Å²) < 4.78 is 0.